The average molecular weight is 294 g/mol. The van der Waals surface area contributed by atoms with E-state index < -0.39 is 15.9 Å². The molecule has 2 aromatic rings. The number of amides is 1. The van der Waals surface area contributed by atoms with Crippen LogP contribution in [0.15, 0.2) is 35.4 Å². The Kier molecular flexibility index (Phi) is 3.75. The number of hydrogen-bond acceptors (Lipinski definition) is 4. The zero-order valence-electron chi connectivity index (χ0n) is 10.8. The van der Waals surface area contributed by atoms with Crippen molar-refractivity contribution in [1.29, 1.82) is 0 Å². The number of aromatic nitrogens is 2. The molecule has 0 atom stereocenters. The maximum atomic E-state index is 12.1. The molecular weight excluding hydrogens is 280 g/mol. The largest absolute Gasteiger partial charge is 0.369 e. The number of nitrogens with zero attached hydrogens (tertiary/aromatic N) is 1. The normalized spacial score (nSPS) is 11.2. The van der Waals surface area contributed by atoms with Gasteiger partial charge in [0, 0.05) is 5.69 Å². The number of carbonyl (C=O) groups is 1. The average Bonchev–Trinajstić information content (AvgIpc) is 2.78. The Labute approximate surface area is 116 Å². The van der Waals surface area contributed by atoms with Crippen molar-refractivity contribution in [2.24, 2.45) is 5.73 Å². The lowest BCUT2D eigenvalue weighted by atomic mass is 10.1. The van der Waals surface area contributed by atoms with Gasteiger partial charge in [-0.15, -0.1) is 0 Å². The monoisotopic (exact) mass is 294 g/mol. The fraction of sp³-hybridized carbons (Fsp3) is 0.167. The molecule has 1 heterocycles. The molecule has 106 valence electrons. The second kappa shape index (κ2) is 5.33. The van der Waals surface area contributed by atoms with E-state index >= 15 is 0 Å². The lowest BCUT2D eigenvalue weighted by molar-refractivity contribution is -0.117. The maximum absolute atomic E-state index is 12.1. The van der Waals surface area contributed by atoms with Crippen LogP contribution in [0.3, 0.4) is 0 Å². The quantitative estimate of drug-likeness (QED) is 0.746. The van der Waals surface area contributed by atoms with Crippen LogP contribution >= 0.6 is 0 Å². The SMILES string of the molecule is Cc1[nH]ncc1S(=O)(=O)Nc1ccc(CC(N)=O)cc1. The molecule has 2 rings (SSSR count). The fourth-order valence-electron chi connectivity index (χ4n) is 1.71. The molecule has 1 aromatic heterocycles. The molecule has 0 bridgehead atoms. The number of carbonyl (C=O) groups excluding carboxylic acids is 1. The Morgan fingerprint density at radius 1 is 1.35 bits per heavy atom. The molecule has 1 aromatic carbocycles. The minimum atomic E-state index is -3.67. The molecular formula is C12H14N4O3S. The Bertz CT molecular complexity index is 719. The van der Waals surface area contributed by atoms with Gasteiger partial charge < -0.3 is 5.73 Å². The van der Waals surface area contributed by atoms with Crippen molar-refractivity contribution in [3.05, 3.63) is 41.7 Å². The first-order chi connectivity index (χ1) is 9.38. The van der Waals surface area contributed by atoms with Crippen molar-refractivity contribution in [1.82, 2.24) is 10.2 Å². The van der Waals surface area contributed by atoms with Crippen LogP contribution in [0.4, 0.5) is 5.69 Å². The van der Waals surface area contributed by atoms with Crippen LogP contribution in [0.1, 0.15) is 11.3 Å². The number of H-pyrrole nitrogens is 1. The molecule has 0 spiro atoms. The Morgan fingerprint density at radius 2 is 2.00 bits per heavy atom. The lowest BCUT2D eigenvalue weighted by Crippen LogP contribution is -2.14. The van der Waals surface area contributed by atoms with Gasteiger partial charge in [-0.25, -0.2) is 8.42 Å². The minimum Gasteiger partial charge on any atom is -0.369 e. The van der Waals surface area contributed by atoms with Gasteiger partial charge in [-0.3, -0.25) is 14.6 Å². The van der Waals surface area contributed by atoms with Crippen LogP contribution < -0.4 is 10.5 Å². The van der Waals surface area contributed by atoms with E-state index in [0.717, 1.165) is 5.56 Å². The van der Waals surface area contributed by atoms with Gasteiger partial charge >= 0.3 is 0 Å². The first kappa shape index (κ1) is 14.1. The summed E-state index contributed by atoms with van der Waals surface area (Å²) >= 11 is 0. The number of benzene rings is 1. The van der Waals surface area contributed by atoms with Crippen LogP contribution in [-0.2, 0) is 21.2 Å². The molecule has 0 saturated heterocycles. The smallest absolute Gasteiger partial charge is 0.265 e. The number of nitrogens with one attached hydrogen (secondary N) is 2. The van der Waals surface area contributed by atoms with Crippen LogP contribution in [0.25, 0.3) is 0 Å². The zero-order chi connectivity index (χ0) is 14.8. The maximum Gasteiger partial charge on any atom is 0.265 e. The third kappa shape index (κ3) is 3.15. The van der Waals surface area contributed by atoms with Crippen molar-refractivity contribution in [3.8, 4) is 0 Å². The molecule has 20 heavy (non-hydrogen) atoms. The minimum absolute atomic E-state index is 0.0960. The Hall–Kier alpha value is -2.35. The van der Waals surface area contributed by atoms with E-state index in [2.05, 4.69) is 14.9 Å². The van der Waals surface area contributed by atoms with Crippen LogP contribution in [-0.4, -0.2) is 24.5 Å². The van der Waals surface area contributed by atoms with Crippen LogP contribution in [0.2, 0.25) is 0 Å². The topological polar surface area (TPSA) is 118 Å². The molecule has 0 radical (unpaired) electrons. The number of primary amides is 1. The summed E-state index contributed by atoms with van der Waals surface area (Å²) in [6.45, 7) is 1.62. The standard InChI is InChI=1S/C12H14N4O3S/c1-8-11(7-14-15-8)20(18,19)16-10-4-2-9(3-5-10)6-12(13)17/h2-5,7,16H,6H2,1H3,(H2,13,17)(H,14,15). The Morgan fingerprint density at radius 3 is 2.50 bits per heavy atom. The summed E-state index contributed by atoms with van der Waals surface area (Å²) < 4.78 is 26.6. The van der Waals surface area contributed by atoms with E-state index in [1.807, 2.05) is 0 Å². The summed E-state index contributed by atoms with van der Waals surface area (Å²) in [6.07, 6.45) is 1.37. The highest BCUT2D eigenvalue weighted by molar-refractivity contribution is 7.92. The highest BCUT2D eigenvalue weighted by Crippen LogP contribution is 2.18. The van der Waals surface area contributed by atoms with Gasteiger partial charge in [0.1, 0.15) is 4.90 Å². The van der Waals surface area contributed by atoms with Crippen LogP contribution in [0.5, 0.6) is 0 Å². The van der Waals surface area contributed by atoms with E-state index in [9.17, 15) is 13.2 Å². The third-order valence-electron chi connectivity index (χ3n) is 2.66. The summed E-state index contributed by atoms with van der Waals surface area (Å²) in [5.74, 6) is -0.438. The molecule has 0 fully saturated rings. The zero-order valence-corrected chi connectivity index (χ0v) is 11.6. The van der Waals surface area contributed by atoms with Crippen molar-refractivity contribution in [2.45, 2.75) is 18.2 Å². The first-order valence-electron chi connectivity index (χ1n) is 5.78. The van der Waals surface area contributed by atoms with E-state index in [0.29, 0.717) is 11.4 Å². The van der Waals surface area contributed by atoms with E-state index in [1.165, 1.54) is 6.20 Å². The molecule has 0 aliphatic carbocycles. The fourth-order valence-corrected chi connectivity index (χ4v) is 2.91. The number of aryl methyl sites for hydroxylation is 1. The summed E-state index contributed by atoms with van der Waals surface area (Å²) in [7, 11) is -3.67. The van der Waals surface area contributed by atoms with E-state index in [1.54, 1.807) is 31.2 Å². The predicted molar refractivity (Wildman–Crippen MR) is 73.5 cm³/mol. The number of aromatic amines is 1. The summed E-state index contributed by atoms with van der Waals surface area (Å²) in [5, 5.41) is 6.25. The molecule has 7 nitrogen and oxygen atoms in total. The third-order valence-corrected chi connectivity index (χ3v) is 4.15. The molecule has 0 aliphatic heterocycles. The van der Waals surface area contributed by atoms with Gasteiger partial charge in [-0.05, 0) is 24.6 Å². The lowest BCUT2D eigenvalue weighted by Gasteiger charge is -2.07. The molecule has 1 amide bonds. The predicted octanol–water partition coefficient (Wildman–Crippen LogP) is 0.547. The van der Waals surface area contributed by atoms with Gasteiger partial charge in [0.25, 0.3) is 10.0 Å². The van der Waals surface area contributed by atoms with Gasteiger partial charge in [0.2, 0.25) is 5.91 Å². The molecule has 4 N–H and O–H groups in total. The molecule has 0 aliphatic rings. The first-order valence-corrected chi connectivity index (χ1v) is 7.27. The van der Waals surface area contributed by atoms with Gasteiger partial charge in [-0.1, -0.05) is 12.1 Å². The highest BCUT2D eigenvalue weighted by atomic mass is 32.2. The number of anilines is 1. The second-order valence-electron chi connectivity index (χ2n) is 4.30. The number of hydrogen-bond donors (Lipinski definition) is 3. The van der Waals surface area contributed by atoms with Crippen LogP contribution in [0, 0.1) is 6.92 Å². The number of nitrogens with two attached hydrogens (primary N) is 1. The van der Waals surface area contributed by atoms with E-state index in [-0.39, 0.29) is 11.3 Å². The Balaban J connectivity index is 2.18. The molecule has 8 heteroatoms. The van der Waals surface area contributed by atoms with Crippen molar-refractivity contribution in [3.63, 3.8) is 0 Å². The summed E-state index contributed by atoms with van der Waals surface area (Å²) in [6, 6.07) is 6.44. The molecule has 0 saturated carbocycles. The highest BCUT2D eigenvalue weighted by Gasteiger charge is 2.18. The second-order valence-corrected chi connectivity index (χ2v) is 5.96. The van der Waals surface area contributed by atoms with Gasteiger partial charge in [-0.2, -0.15) is 5.10 Å². The summed E-state index contributed by atoms with van der Waals surface area (Å²) in [5.41, 5.74) is 6.67. The van der Waals surface area contributed by atoms with Gasteiger partial charge in [0.15, 0.2) is 0 Å². The van der Waals surface area contributed by atoms with Crippen molar-refractivity contribution >= 4 is 21.6 Å². The van der Waals surface area contributed by atoms with Gasteiger partial charge in [0.05, 0.1) is 18.3 Å². The number of sulfonamides is 1. The van der Waals surface area contributed by atoms with Crippen molar-refractivity contribution in [2.75, 3.05) is 4.72 Å². The molecule has 0 unspecified atom stereocenters. The van der Waals surface area contributed by atoms with Crippen molar-refractivity contribution < 1.29 is 13.2 Å². The summed E-state index contributed by atoms with van der Waals surface area (Å²) in [4.78, 5) is 10.9. The number of rotatable bonds is 5. The van der Waals surface area contributed by atoms with E-state index in [4.69, 9.17) is 5.73 Å².